The summed E-state index contributed by atoms with van der Waals surface area (Å²) in [5, 5.41) is 18.2. The Morgan fingerprint density at radius 2 is 1.85 bits per heavy atom. The van der Waals surface area contributed by atoms with Gasteiger partial charge in [0.25, 0.3) is 0 Å². The van der Waals surface area contributed by atoms with Crippen molar-refractivity contribution in [3.05, 3.63) is 29.8 Å². The average Bonchev–Trinajstić information content (AvgIpc) is 2.36. The molecule has 2 atom stereocenters. The molecule has 0 saturated heterocycles. The summed E-state index contributed by atoms with van der Waals surface area (Å²) in [6.07, 6.45) is 0.466. The van der Waals surface area contributed by atoms with Crippen molar-refractivity contribution in [2.75, 3.05) is 0 Å². The maximum absolute atomic E-state index is 12.0. The molecule has 0 heterocycles. The molecule has 0 spiro atoms. The van der Waals surface area contributed by atoms with Crippen molar-refractivity contribution < 1.29 is 23.4 Å². The molecule has 0 radical (unpaired) electrons. The molecule has 0 aliphatic carbocycles. The number of carbonyl (C=O) groups is 1. The van der Waals surface area contributed by atoms with Gasteiger partial charge in [-0.25, -0.2) is 8.42 Å². The lowest BCUT2D eigenvalue weighted by atomic mass is 10.1. The van der Waals surface area contributed by atoms with Crippen LogP contribution in [0.5, 0.6) is 0 Å². The zero-order valence-corrected chi connectivity index (χ0v) is 12.2. The molecule has 0 bridgehead atoms. The molecular formula is C13H19NO5S. The summed E-state index contributed by atoms with van der Waals surface area (Å²) < 4.78 is 26.1. The van der Waals surface area contributed by atoms with Crippen molar-refractivity contribution >= 4 is 16.0 Å². The molecule has 0 fully saturated rings. The van der Waals surface area contributed by atoms with Crippen LogP contribution in [0.4, 0.5) is 0 Å². The van der Waals surface area contributed by atoms with E-state index in [0.717, 1.165) is 18.4 Å². The highest BCUT2D eigenvalue weighted by Crippen LogP contribution is 2.13. The monoisotopic (exact) mass is 301 g/mol. The van der Waals surface area contributed by atoms with Gasteiger partial charge in [-0.1, -0.05) is 25.5 Å². The summed E-state index contributed by atoms with van der Waals surface area (Å²) in [6.45, 7) is 3.23. The number of aliphatic hydroxyl groups is 1. The Morgan fingerprint density at radius 3 is 2.25 bits per heavy atom. The Hall–Kier alpha value is -1.44. The third-order valence-electron chi connectivity index (χ3n) is 2.80. The Kier molecular flexibility index (Phi) is 5.67. The number of hydrogen-bond donors (Lipinski definition) is 3. The van der Waals surface area contributed by atoms with Gasteiger partial charge in [0.05, 0.1) is 11.0 Å². The highest BCUT2D eigenvalue weighted by Gasteiger charge is 2.29. The summed E-state index contributed by atoms with van der Waals surface area (Å²) in [4.78, 5) is 10.9. The summed E-state index contributed by atoms with van der Waals surface area (Å²) in [6, 6.07) is 4.66. The predicted molar refractivity (Wildman–Crippen MR) is 73.9 cm³/mol. The second-order valence-corrected chi connectivity index (χ2v) is 6.29. The number of sulfonamides is 1. The number of aliphatic carboxylic acids is 1. The number of aliphatic hydroxyl groups excluding tert-OH is 1. The average molecular weight is 301 g/mol. The summed E-state index contributed by atoms with van der Waals surface area (Å²) >= 11 is 0. The Balaban J connectivity index is 2.95. The van der Waals surface area contributed by atoms with E-state index in [4.69, 9.17) is 5.11 Å². The SMILES string of the molecule is CCCc1ccc(S(=O)(=O)NC(C(=O)O)C(C)O)cc1. The maximum Gasteiger partial charge on any atom is 0.324 e. The van der Waals surface area contributed by atoms with Crippen molar-refractivity contribution in [1.82, 2.24) is 4.72 Å². The van der Waals surface area contributed by atoms with Gasteiger partial charge in [-0.05, 0) is 31.0 Å². The number of aryl methyl sites for hydroxylation is 1. The van der Waals surface area contributed by atoms with Crippen LogP contribution >= 0.6 is 0 Å². The molecule has 0 aliphatic rings. The Bertz CT molecular complexity index is 551. The molecule has 3 N–H and O–H groups in total. The normalized spacial score (nSPS) is 14.8. The molecule has 0 saturated carbocycles. The lowest BCUT2D eigenvalue weighted by Gasteiger charge is -2.17. The third-order valence-corrected chi connectivity index (χ3v) is 4.26. The second-order valence-electron chi connectivity index (χ2n) is 4.57. The fourth-order valence-corrected chi connectivity index (χ4v) is 2.98. The molecule has 112 valence electrons. The number of carboxylic acid groups (broad SMARTS) is 1. The highest BCUT2D eigenvalue weighted by molar-refractivity contribution is 7.89. The molecule has 20 heavy (non-hydrogen) atoms. The van der Waals surface area contributed by atoms with Crippen molar-refractivity contribution in [3.8, 4) is 0 Å². The lowest BCUT2D eigenvalue weighted by Crippen LogP contribution is -2.47. The summed E-state index contributed by atoms with van der Waals surface area (Å²) in [7, 11) is -3.97. The van der Waals surface area contributed by atoms with Crippen molar-refractivity contribution in [1.29, 1.82) is 0 Å². The third kappa shape index (κ3) is 4.29. The second kappa shape index (κ2) is 6.83. The van der Waals surface area contributed by atoms with Gasteiger partial charge in [0, 0.05) is 0 Å². The zero-order chi connectivity index (χ0) is 15.3. The minimum Gasteiger partial charge on any atom is -0.480 e. The predicted octanol–water partition coefficient (Wildman–Crippen LogP) is 0.751. The van der Waals surface area contributed by atoms with Crippen molar-refractivity contribution in [2.45, 2.75) is 43.7 Å². The van der Waals surface area contributed by atoms with E-state index in [1.807, 2.05) is 11.6 Å². The van der Waals surface area contributed by atoms with Gasteiger partial charge < -0.3 is 10.2 Å². The van der Waals surface area contributed by atoms with E-state index >= 15 is 0 Å². The largest absolute Gasteiger partial charge is 0.480 e. The van der Waals surface area contributed by atoms with Crippen LogP contribution < -0.4 is 4.72 Å². The van der Waals surface area contributed by atoms with Gasteiger partial charge in [-0.2, -0.15) is 4.72 Å². The molecule has 0 aliphatic heterocycles. The number of rotatable bonds is 7. The molecule has 2 unspecified atom stereocenters. The smallest absolute Gasteiger partial charge is 0.324 e. The van der Waals surface area contributed by atoms with Crippen LogP contribution in [0.1, 0.15) is 25.8 Å². The van der Waals surface area contributed by atoms with Gasteiger partial charge >= 0.3 is 5.97 Å². The Morgan fingerprint density at radius 1 is 1.30 bits per heavy atom. The quantitative estimate of drug-likeness (QED) is 0.689. The van der Waals surface area contributed by atoms with E-state index in [9.17, 15) is 18.3 Å². The molecule has 1 aromatic carbocycles. The van der Waals surface area contributed by atoms with E-state index in [0.29, 0.717) is 0 Å². The minimum absolute atomic E-state index is 0.0238. The fourth-order valence-electron chi connectivity index (χ4n) is 1.71. The van der Waals surface area contributed by atoms with Crippen LogP contribution in [-0.2, 0) is 21.2 Å². The minimum atomic E-state index is -3.97. The van der Waals surface area contributed by atoms with E-state index in [2.05, 4.69) is 0 Å². The number of carboxylic acids is 1. The molecule has 0 amide bonds. The molecule has 6 nitrogen and oxygen atoms in total. The van der Waals surface area contributed by atoms with Crippen LogP contribution in [0.2, 0.25) is 0 Å². The van der Waals surface area contributed by atoms with Crippen LogP contribution in [0.25, 0.3) is 0 Å². The summed E-state index contributed by atoms with van der Waals surface area (Å²) in [5.41, 5.74) is 1.01. The van der Waals surface area contributed by atoms with E-state index < -0.39 is 28.1 Å². The van der Waals surface area contributed by atoms with E-state index in [-0.39, 0.29) is 4.90 Å². The Labute approximate surface area is 118 Å². The standard InChI is InChI=1S/C13H19NO5S/c1-3-4-10-5-7-11(8-6-10)20(18,19)14-12(9(2)15)13(16)17/h5-9,12,14-15H,3-4H2,1-2H3,(H,16,17). The van der Waals surface area contributed by atoms with Crippen LogP contribution in [-0.4, -0.2) is 36.7 Å². The fraction of sp³-hybridized carbons (Fsp3) is 0.462. The summed E-state index contributed by atoms with van der Waals surface area (Å²) in [5.74, 6) is -1.42. The number of benzene rings is 1. The molecule has 1 aromatic rings. The highest BCUT2D eigenvalue weighted by atomic mass is 32.2. The molecular weight excluding hydrogens is 282 g/mol. The van der Waals surface area contributed by atoms with E-state index in [1.54, 1.807) is 12.1 Å². The van der Waals surface area contributed by atoms with Crippen LogP contribution in [0.3, 0.4) is 0 Å². The number of hydrogen-bond acceptors (Lipinski definition) is 4. The van der Waals surface area contributed by atoms with Crippen molar-refractivity contribution in [2.24, 2.45) is 0 Å². The topological polar surface area (TPSA) is 104 Å². The zero-order valence-electron chi connectivity index (χ0n) is 11.4. The van der Waals surface area contributed by atoms with Crippen LogP contribution in [0, 0.1) is 0 Å². The lowest BCUT2D eigenvalue weighted by molar-refractivity contribution is -0.141. The van der Waals surface area contributed by atoms with Gasteiger partial charge in [0.1, 0.15) is 6.04 Å². The first-order valence-corrected chi connectivity index (χ1v) is 7.78. The first-order chi connectivity index (χ1) is 9.27. The van der Waals surface area contributed by atoms with Gasteiger partial charge in [-0.15, -0.1) is 0 Å². The van der Waals surface area contributed by atoms with Gasteiger partial charge in [0.15, 0.2) is 0 Å². The van der Waals surface area contributed by atoms with Gasteiger partial charge in [-0.3, -0.25) is 4.79 Å². The van der Waals surface area contributed by atoms with Crippen LogP contribution in [0.15, 0.2) is 29.2 Å². The maximum atomic E-state index is 12.0. The van der Waals surface area contributed by atoms with Crippen molar-refractivity contribution in [3.63, 3.8) is 0 Å². The first-order valence-electron chi connectivity index (χ1n) is 6.30. The van der Waals surface area contributed by atoms with E-state index in [1.165, 1.54) is 19.1 Å². The molecule has 7 heteroatoms. The first kappa shape index (κ1) is 16.6. The molecule has 0 aromatic heterocycles. The number of nitrogens with one attached hydrogen (secondary N) is 1. The molecule has 1 rings (SSSR count). The van der Waals surface area contributed by atoms with Gasteiger partial charge in [0.2, 0.25) is 10.0 Å².